The molecule has 0 radical (unpaired) electrons. The molecule has 0 aliphatic rings. The summed E-state index contributed by atoms with van der Waals surface area (Å²) in [6.07, 6.45) is 1.88. The van der Waals surface area contributed by atoms with Gasteiger partial charge in [0.15, 0.2) is 0 Å². The molecular formula is C19H24O5. The summed E-state index contributed by atoms with van der Waals surface area (Å²) in [5.41, 5.74) is 0.471. The fraction of sp³-hybridized carbons (Fsp3) is 0.316. The molecule has 0 aliphatic carbocycles. The van der Waals surface area contributed by atoms with Crippen molar-refractivity contribution in [2.24, 2.45) is 0 Å². The first-order valence-corrected chi connectivity index (χ1v) is 7.92. The molecular weight excluding hydrogens is 308 g/mol. The number of carbonyl (C=O) groups excluding carboxylic acids is 1. The third kappa shape index (κ3) is 8.19. The van der Waals surface area contributed by atoms with Gasteiger partial charge < -0.3 is 19.7 Å². The van der Waals surface area contributed by atoms with Crippen LogP contribution >= 0.6 is 0 Å². The number of hydrogen-bond donors (Lipinski definition) is 2. The number of rotatable bonds is 7. The largest absolute Gasteiger partial charge is 0.508 e. The molecule has 5 heteroatoms. The van der Waals surface area contributed by atoms with Crippen LogP contribution in [0.1, 0.15) is 30.1 Å². The first kappa shape index (κ1) is 19.5. The van der Waals surface area contributed by atoms with Gasteiger partial charge in [0.2, 0.25) is 0 Å². The number of esters is 1. The smallest absolute Gasteiger partial charge is 0.338 e. The van der Waals surface area contributed by atoms with E-state index in [0.717, 1.165) is 18.6 Å². The predicted octanol–water partition coefficient (Wildman–Crippen LogP) is 3.41. The summed E-state index contributed by atoms with van der Waals surface area (Å²) in [7, 11) is 0. The first-order valence-electron chi connectivity index (χ1n) is 7.92. The number of aliphatic hydroxyl groups is 1. The van der Waals surface area contributed by atoms with Crippen molar-refractivity contribution in [1.82, 2.24) is 0 Å². The minimum absolute atomic E-state index is 0.0644. The van der Waals surface area contributed by atoms with Gasteiger partial charge in [-0.1, -0.05) is 31.5 Å². The molecule has 0 bridgehead atoms. The monoisotopic (exact) mass is 332 g/mol. The molecule has 5 nitrogen and oxygen atoms in total. The number of carbonyl (C=O) groups is 1. The van der Waals surface area contributed by atoms with E-state index in [2.05, 4.69) is 0 Å². The van der Waals surface area contributed by atoms with Crippen molar-refractivity contribution in [3.63, 3.8) is 0 Å². The lowest BCUT2D eigenvalue weighted by Gasteiger charge is -2.03. The molecule has 2 aromatic carbocycles. The number of benzene rings is 2. The van der Waals surface area contributed by atoms with Crippen molar-refractivity contribution < 1.29 is 24.5 Å². The van der Waals surface area contributed by atoms with Crippen molar-refractivity contribution in [3.05, 3.63) is 60.2 Å². The number of phenols is 1. The highest BCUT2D eigenvalue weighted by atomic mass is 16.5. The van der Waals surface area contributed by atoms with Gasteiger partial charge in [0.25, 0.3) is 0 Å². The third-order valence-electron chi connectivity index (χ3n) is 2.94. The number of hydrogen-bond acceptors (Lipinski definition) is 5. The van der Waals surface area contributed by atoms with Crippen molar-refractivity contribution in [2.75, 3.05) is 19.8 Å². The summed E-state index contributed by atoms with van der Waals surface area (Å²) < 4.78 is 10.1. The van der Waals surface area contributed by atoms with E-state index < -0.39 is 0 Å². The molecule has 0 fully saturated rings. The summed E-state index contributed by atoms with van der Waals surface area (Å²) in [6.45, 7) is 2.92. The van der Waals surface area contributed by atoms with E-state index in [0.29, 0.717) is 18.8 Å². The molecule has 2 rings (SSSR count). The van der Waals surface area contributed by atoms with Crippen LogP contribution in [0.4, 0.5) is 0 Å². The molecule has 0 unspecified atom stereocenters. The van der Waals surface area contributed by atoms with Gasteiger partial charge in [-0.15, -0.1) is 0 Å². The van der Waals surface area contributed by atoms with Crippen LogP contribution in [-0.4, -0.2) is 36.0 Å². The quantitative estimate of drug-likeness (QED) is 0.600. The fourth-order valence-electron chi connectivity index (χ4n) is 1.67. The van der Waals surface area contributed by atoms with E-state index >= 15 is 0 Å². The van der Waals surface area contributed by atoms with E-state index in [9.17, 15) is 4.79 Å². The zero-order valence-electron chi connectivity index (χ0n) is 13.9. The molecule has 2 N–H and O–H groups in total. The number of aromatic hydroxyl groups is 1. The maximum atomic E-state index is 11.3. The van der Waals surface area contributed by atoms with Gasteiger partial charge in [0, 0.05) is 0 Å². The highest BCUT2D eigenvalue weighted by Crippen LogP contribution is 2.10. The Morgan fingerprint density at radius 1 is 1.00 bits per heavy atom. The molecule has 0 atom stereocenters. The number of unbranched alkanes of at least 4 members (excludes halogenated alkanes) is 1. The van der Waals surface area contributed by atoms with Gasteiger partial charge in [-0.3, -0.25) is 0 Å². The Hall–Kier alpha value is -2.53. The molecule has 2 aromatic rings. The number of ether oxygens (including phenoxy) is 2. The van der Waals surface area contributed by atoms with Crippen LogP contribution in [0.2, 0.25) is 0 Å². The number of aliphatic hydroxyl groups excluding tert-OH is 1. The van der Waals surface area contributed by atoms with Crippen molar-refractivity contribution >= 4 is 5.97 Å². The molecule has 24 heavy (non-hydrogen) atoms. The van der Waals surface area contributed by atoms with Crippen LogP contribution in [-0.2, 0) is 4.74 Å². The Morgan fingerprint density at radius 2 is 1.67 bits per heavy atom. The van der Waals surface area contributed by atoms with Crippen LogP contribution in [0.15, 0.2) is 54.6 Å². The van der Waals surface area contributed by atoms with E-state index in [1.165, 1.54) is 12.1 Å². The third-order valence-corrected chi connectivity index (χ3v) is 2.94. The van der Waals surface area contributed by atoms with Crippen LogP contribution in [0.3, 0.4) is 0 Å². The topological polar surface area (TPSA) is 76.0 Å². The summed E-state index contributed by atoms with van der Waals surface area (Å²) >= 11 is 0. The molecule has 0 aromatic heterocycles. The lowest BCUT2D eigenvalue weighted by atomic mass is 10.2. The highest BCUT2D eigenvalue weighted by Gasteiger charge is 2.05. The second kappa shape index (κ2) is 12.0. The van der Waals surface area contributed by atoms with E-state index in [4.69, 9.17) is 19.7 Å². The minimum atomic E-state index is -0.335. The minimum Gasteiger partial charge on any atom is -0.508 e. The molecule has 0 saturated heterocycles. The average Bonchev–Trinajstić information content (AvgIpc) is 2.62. The molecule has 0 saturated carbocycles. The molecule has 0 amide bonds. The standard InChI is InChI=1S/C11H14O3.C8H10O2/c1-2-3-8-14-11(13)9-4-6-10(12)7-5-9;9-6-7-10-8-4-2-1-3-5-8/h4-7,12H,2-3,8H2,1H3;1-5,9H,6-7H2. The maximum absolute atomic E-state index is 11.3. The van der Waals surface area contributed by atoms with Gasteiger partial charge in [0.05, 0.1) is 18.8 Å². The Labute approximate surface area is 142 Å². The maximum Gasteiger partial charge on any atom is 0.338 e. The van der Waals surface area contributed by atoms with Crippen molar-refractivity contribution in [3.8, 4) is 11.5 Å². The highest BCUT2D eigenvalue weighted by molar-refractivity contribution is 5.89. The average molecular weight is 332 g/mol. The Balaban J connectivity index is 0.000000254. The summed E-state index contributed by atoms with van der Waals surface area (Å²) in [6, 6.07) is 15.5. The van der Waals surface area contributed by atoms with Gasteiger partial charge in [-0.25, -0.2) is 4.79 Å². The molecule has 130 valence electrons. The Kier molecular flexibility index (Phi) is 9.73. The van der Waals surface area contributed by atoms with Crippen molar-refractivity contribution in [1.29, 1.82) is 0 Å². The summed E-state index contributed by atoms with van der Waals surface area (Å²) in [5, 5.41) is 17.4. The van der Waals surface area contributed by atoms with E-state index in [1.54, 1.807) is 12.1 Å². The SMILES string of the molecule is CCCCOC(=O)c1ccc(O)cc1.OCCOc1ccccc1. The van der Waals surface area contributed by atoms with Gasteiger partial charge >= 0.3 is 5.97 Å². The van der Waals surface area contributed by atoms with Gasteiger partial charge in [0.1, 0.15) is 18.1 Å². The number of phenolic OH excluding ortho intramolecular Hbond substituents is 1. The lowest BCUT2D eigenvalue weighted by molar-refractivity contribution is 0.0499. The first-order chi connectivity index (χ1) is 11.7. The molecule has 0 spiro atoms. The second-order valence-corrected chi connectivity index (χ2v) is 4.92. The fourth-order valence-corrected chi connectivity index (χ4v) is 1.67. The van der Waals surface area contributed by atoms with Crippen LogP contribution in [0.5, 0.6) is 11.5 Å². The zero-order chi connectivity index (χ0) is 17.6. The van der Waals surface area contributed by atoms with Gasteiger partial charge in [-0.2, -0.15) is 0 Å². The zero-order valence-corrected chi connectivity index (χ0v) is 13.9. The molecule has 0 aliphatic heterocycles. The Morgan fingerprint density at radius 3 is 2.25 bits per heavy atom. The van der Waals surface area contributed by atoms with E-state index in [1.807, 2.05) is 37.3 Å². The second-order valence-electron chi connectivity index (χ2n) is 4.92. The number of para-hydroxylation sites is 1. The normalized spacial score (nSPS) is 9.58. The van der Waals surface area contributed by atoms with Crippen LogP contribution in [0.25, 0.3) is 0 Å². The van der Waals surface area contributed by atoms with Crippen LogP contribution in [0, 0.1) is 0 Å². The van der Waals surface area contributed by atoms with Crippen LogP contribution < -0.4 is 4.74 Å². The summed E-state index contributed by atoms with van der Waals surface area (Å²) in [4.78, 5) is 11.3. The van der Waals surface area contributed by atoms with E-state index in [-0.39, 0.29) is 18.3 Å². The summed E-state index contributed by atoms with van der Waals surface area (Å²) in [5.74, 6) is 0.616. The Bertz CT molecular complexity index is 566. The predicted molar refractivity (Wildman–Crippen MR) is 92.3 cm³/mol. The van der Waals surface area contributed by atoms with Crippen molar-refractivity contribution in [2.45, 2.75) is 19.8 Å². The molecule has 0 heterocycles. The van der Waals surface area contributed by atoms with Gasteiger partial charge in [-0.05, 0) is 42.8 Å². The lowest BCUT2D eigenvalue weighted by Crippen LogP contribution is -2.05.